The van der Waals surface area contributed by atoms with E-state index in [2.05, 4.69) is 19.2 Å². The van der Waals surface area contributed by atoms with Crippen LogP contribution in [0.4, 0.5) is 13.2 Å². The summed E-state index contributed by atoms with van der Waals surface area (Å²) in [5.74, 6) is 0.526. The summed E-state index contributed by atoms with van der Waals surface area (Å²) < 4.78 is 68.3. The quantitative estimate of drug-likeness (QED) is 0.583. The number of fused-ring (bicyclic) bond motifs is 1. The van der Waals surface area contributed by atoms with Crippen LogP contribution in [0.15, 0.2) is 29.2 Å². The number of sulfonamides is 1. The number of likely N-dealkylation sites (tertiary alicyclic amines) is 1. The number of likely N-dealkylation sites (N-methyl/N-ethyl adjacent to an activating group) is 1. The molecule has 1 saturated carbocycles. The van der Waals surface area contributed by atoms with Crippen LogP contribution >= 0.6 is 0 Å². The van der Waals surface area contributed by atoms with Gasteiger partial charge in [0.15, 0.2) is 0 Å². The maximum atomic E-state index is 13.6. The van der Waals surface area contributed by atoms with Crippen LogP contribution in [-0.4, -0.2) is 61.8 Å². The molecular weight excluding hydrogens is 467 g/mol. The smallest absolute Gasteiger partial charge is 0.341 e. The van der Waals surface area contributed by atoms with Gasteiger partial charge in [-0.05, 0) is 76.1 Å². The Morgan fingerprint density at radius 2 is 1.85 bits per heavy atom. The molecule has 1 N–H and O–H groups in total. The third-order valence-electron chi connectivity index (χ3n) is 7.06. The lowest BCUT2D eigenvalue weighted by Gasteiger charge is -2.35. The van der Waals surface area contributed by atoms with Gasteiger partial charge >= 0.3 is 6.18 Å². The van der Waals surface area contributed by atoms with E-state index in [1.165, 1.54) is 10.4 Å². The van der Waals surface area contributed by atoms with Gasteiger partial charge in [-0.1, -0.05) is 19.9 Å². The van der Waals surface area contributed by atoms with E-state index < -0.39 is 27.8 Å². The molecule has 1 aliphatic heterocycles. The van der Waals surface area contributed by atoms with E-state index >= 15 is 0 Å². The van der Waals surface area contributed by atoms with E-state index in [9.17, 15) is 26.4 Å². The molecule has 1 aliphatic carbocycles. The molecule has 0 radical (unpaired) electrons. The van der Waals surface area contributed by atoms with Crippen molar-refractivity contribution in [2.24, 2.45) is 17.8 Å². The molecule has 2 aliphatic rings. The Bertz CT molecular complexity index is 981. The van der Waals surface area contributed by atoms with Crippen molar-refractivity contribution in [3.8, 4) is 0 Å². The molecular formula is C24H36F3N3O3S. The van der Waals surface area contributed by atoms with Gasteiger partial charge in [-0.25, -0.2) is 8.42 Å². The topological polar surface area (TPSA) is 69.7 Å². The summed E-state index contributed by atoms with van der Waals surface area (Å²) in [5, 5.41) is 3.10. The fourth-order valence-electron chi connectivity index (χ4n) is 5.56. The van der Waals surface area contributed by atoms with E-state index in [0.29, 0.717) is 37.9 Å². The lowest BCUT2D eigenvalue weighted by atomic mass is 9.97. The highest BCUT2D eigenvalue weighted by Crippen LogP contribution is 2.43. The van der Waals surface area contributed by atoms with Crippen LogP contribution in [0, 0.1) is 17.8 Å². The van der Waals surface area contributed by atoms with Crippen LogP contribution in [0.25, 0.3) is 0 Å². The molecule has 1 aromatic carbocycles. The van der Waals surface area contributed by atoms with E-state index in [0.717, 1.165) is 18.6 Å². The largest absolute Gasteiger partial charge is 0.416 e. The van der Waals surface area contributed by atoms with Crippen molar-refractivity contribution in [3.05, 3.63) is 29.8 Å². The van der Waals surface area contributed by atoms with Crippen LogP contribution < -0.4 is 5.32 Å². The molecule has 10 heteroatoms. The first-order valence-electron chi connectivity index (χ1n) is 11.9. The summed E-state index contributed by atoms with van der Waals surface area (Å²) in [6, 6.07) is 2.87. The Morgan fingerprint density at radius 3 is 2.41 bits per heavy atom. The summed E-state index contributed by atoms with van der Waals surface area (Å²) in [4.78, 5) is 14.6. The third-order valence-corrected chi connectivity index (χ3v) is 9.15. The van der Waals surface area contributed by atoms with Crippen molar-refractivity contribution in [3.63, 3.8) is 0 Å². The lowest BCUT2D eigenvalue weighted by molar-refractivity contribution is -0.137. The predicted molar refractivity (Wildman–Crippen MR) is 124 cm³/mol. The molecule has 1 saturated heterocycles. The first kappa shape index (κ1) is 26.9. The van der Waals surface area contributed by atoms with Crippen LogP contribution in [0.3, 0.4) is 0 Å². The van der Waals surface area contributed by atoms with Crippen molar-refractivity contribution in [2.45, 2.75) is 76.2 Å². The molecule has 2 fully saturated rings. The third kappa shape index (κ3) is 5.44. The molecule has 0 bridgehead atoms. The standard InChI is InChI=1S/C24H36F3N3O3S/c1-15(2)11-21(28-5)23(31)29-13-17-9-10-22(20(17)14-29)30(16(3)4)34(32,33)19-8-6-7-18(12-19)24(25,26)27/h6-8,12,15-17,20-22,28H,9-11,13-14H2,1-5H3/t17-,20+,21+,22+/m1/s1. The molecule has 1 aromatic rings. The summed E-state index contributed by atoms with van der Waals surface area (Å²) >= 11 is 0. The Kier molecular flexibility index (Phi) is 8.04. The predicted octanol–water partition coefficient (Wildman–Crippen LogP) is 3.98. The molecule has 1 amide bonds. The molecule has 192 valence electrons. The molecule has 4 atom stereocenters. The summed E-state index contributed by atoms with van der Waals surface area (Å²) in [5.41, 5.74) is -0.984. The number of carbonyl (C=O) groups is 1. The number of amides is 1. The fraction of sp³-hybridized carbons (Fsp3) is 0.708. The van der Waals surface area contributed by atoms with Gasteiger partial charge in [-0.3, -0.25) is 4.79 Å². The fourth-order valence-corrected chi connectivity index (χ4v) is 7.50. The monoisotopic (exact) mass is 503 g/mol. The van der Waals surface area contributed by atoms with Crippen LogP contribution in [-0.2, 0) is 21.0 Å². The minimum Gasteiger partial charge on any atom is -0.341 e. The SMILES string of the molecule is CN[C@@H](CC(C)C)C(=O)N1C[C@H]2CC[C@H](N(C(C)C)S(=O)(=O)c3cccc(C(F)(F)F)c3)[C@H]2C1. The number of alkyl halides is 3. The minimum absolute atomic E-state index is 0.0289. The molecule has 0 aromatic heterocycles. The Morgan fingerprint density at radius 1 is 1.18 bits per heavy atom. The van der Waals surface area contributed by atoms with Crippen LogP contribution in [0.2, 0.25) is 0 Å². The van der Waals surface area contributed by atoms with Gasteiger partial charge in [0.05, 0.1) is 16.5 Å². The molecule has 34 heavy (non-hydrogen) atoms. The van der Waals surface area contributed by atoms with Gasteiger partial charge < -0.3 is 10.2 Å². The highest BCUT2D eigenvalue weighted by molar-refractivity contribution is 7.89. The van der Waals surface area contributed by atoms with Crippen molar-refractivity contribution in [1.82, 2.24) is 14.5 Å². The second-order valence-corrected chi connectivity index (χ2v) is 12.1. The lowest BCUT2D eigenvalue weighted by Crippen LogP contribution is -2.49. The number of halogens is 3. The Balaban J connectivity index is 1.86. The van der Waals surface area contributed by atoms with Crippen LogP contribution in [0.1, 0.15) is 52.5 Å². The Hall–Kier alpha value is -1.65. The maximum absolute atomic E-state index is 13.6. The zero-order valence-electron chi connectivity index (χ0n) is 20.5. The van der Waals surface area contributed by atoms with Crippen molar-refractivity contribution < 1.29 is 26.4 Å². The summed E-state index contributed by atoms with van der Waals surface area (Å²) in [6.07, 6.45) is -2.49. The van der Waals surface area contributed by atoms with Gasteiger partial charge in [-0.2, -0.15) is 17.5 Å². The van der Waals surface area contributed by atoms with Gasteiger partial charge in [0.2, 0.25) is 15.9 Å². The average Bonchev–Trinajstić information content (AvgIpc) is 3.32. The van der Waals surface area contributed by atoms with E-state index in [1.54, 1.807) is 20.9 Å². The Labute approximate surface area is 200 Å². The average molecular weight is 504 g/mol. The molecule has 6 nitrogen and oxygen atoms in total. The molecule has 1 heterocycles. The summed E-state index contributed by atoms with van der Waals surface area (Å²) in [7, 11) is -2.39. The number of benzene rings is 1. The van der Waals surface area contributed by atoms with E-state index in [-0.39, 0.29) is 34.7 Å². The number of hydrogen-bond donors (Lipinski definition) is 1. The normalized spacial score (nSPS) is 24.3. The second-order valence-electron chi connectivity index (χ2n) is 10.2. The number of carbonyl (C=O) groups excluding carboxylic acids is 1. The number of rotatable bonds is 8. The number of nitrogens with one attached hydrogen (secondary N) is 1. The van der Waals surface area contributed by atoms with Gasteiger partial charge in [-0.15, -0.1) is 0 Å². The van der Waals surface area contributed by atoms with Crippen molar-refractivity contribution in [2.75, 3.05) is 20.1 Å². The highest BCUT2D eigenvalue weighted by atomic mass is 32.2. The van der Waals surface area contributed by atoms with Gasteiger partial charge in [0, 0.05) is 25.2 Å². The number of hydrogen-bond acceptors (Lipinski definition) is 4. The zero-order chi connectivity index (χ0) is 25.4. The van der Waals surface area contributed by atoms with Gasteiger partial charge in [0.1, 0.15) is 0 Å². The number of nitrogens with zero attached hydrogens (tertiary/aromatic N) is 2. The highest BCUT2D eigenvalue weighted by Gasteiger charge is 2.50. The second kappa shape index (κ2) is 10.1. The maximum Gasteiger partial charge on any atom is 0.416 e. The van der Waals surface area contributed by atoms with Crippen molar-refractivity contribution in [1.29, 1.82) is 0 Å². The van der Waals surface area contributed by atoms with E-state index in [1.807, 2.05) is 4.90 Å². The van der Waals surface area contributed by atoms with Crippen LogP contribution in [0.5, 0.6) is 0 Å². The first-order valence-corrected chi connectivity index (χ1v) is 13.4. The molecule has 0 unspecified atom stereocenters. The van der Waals surface area contributed by atoms with E-state index in [4.69, 9.17) is 0 Å². The summed E-state index contributed by atoms with van der Waals surface area (Å²) in [6.45, 7) is 8.67. The molecule has 3 rings (SSSR count). The molecule has 0 spiro atoms. The zero-order valence-corrected chi connectivity index (χ0v) is 21.3. The van der Waals surface area contributed by atoms with Gasteiger partial charge in [0.25, 0.3) is 0 Å². The first-order chi connectivity index (χ1) is 15.8. The van der Waals surface area contributed by atoms with Crippen molar-refractivity contribution >= 4 is 15.9 Å². The minimum atomic E-state index is -4.63.